The number of hydrazone groups is 1. The Labute approximate surface area is 46.4 Å². The molecule has 0 radical (unpaired) electrons. The van der Waals surface area contributed by atoms with E-state index in [9.17, 15) is 4.39 Å². The zero-order valence-electron chi connectivity index (χ0n) is 4.13. The van der Waals surface area contributed by atoms with Gasteiger partial charge in [0.15, 0.2) is 0 Å². The minimum absolute atomic E-state index is 0.341. The van der Waals surface area contributed by atoms with E-state index in [0.717, 1.165) is 6.21 Å². The Kier molecular flexibility index (Phi) is 1.42. The number of nitrogens with zero attached hydrogens (tertiary/aromatic N) is 1. The van der Waals surface area contributed by atoms with Gasteiger partial charge in [-0.2, -0.15) is 5.10 Å². The third-order valence-electron chi connectivity index (χ3n) is 0.689. The molecule has 0 aromatic rings. The fourth-order valence-electron chi connectivity index (χ4n) is 0.368. The Bertz CT molecular complexity index is 158. The highest BCUT2D eigenvalue weighted by atomic mass is 19.1. The van der Waals surface area contributed by atoms with Gasteiger partial charge >= 0.3 is 0 Å². The van der Waals surface area contributed by atoms with Crippen LogP contribution in [0, 0.1) is 0 Å². The standard InChI is InChI=1S/C5H5FN2/c6-5-2-1-3-7-8-4-5/h1-4,7H. The predicted octanol–water partition coefficient (Wildman–Crippen LogP) is 0.942. The summed E-state index contributed by atoms with van der Waals surface area (Å²) in [7, 11) is 0. The van der Waals surface area contributed by atoms with Crippen LogP contribution in [-0.4, -0.2) is 6.21 Å². The molecule has 0 amide bonds. The van der Waals surface area contributed by atoms with Crippen LogP contribution in [0.25, 0.3) is 0 Å². The van der Waals surface area contributed by atoms with Gasteiger partial charge in [0.05, 0.1) is 6.21 Å². The molecule has 0 fully saturated rings. The Morgan fingerprint density at radius 1 is 1.62 bits per heavy atom. The maximum atomic E-state index is 12.1. The fourth-order valence-corrected chi connectivity index (χ4v) is 0.368. The normalized spacial score (nSPS) is 16.9. The molecule has 1 heterocycles. The van der Waals surface area contributed by atoms with E-state index in [1.807, 2.05) is 0 Å². The van der Waals surface area contributed by atoms with E-state index in [2.05, 4.69) is 10.5 Å². The summed E-state index contributed by atoms with van der Waals surface area (Å²) < 4.78 is 12.1. The number of allylic oxidation sites excluding steroid dienone is 3. The summed E-state index contributed by atoms with van der Waals surface area (Å²) in [5.74, 6) is -0.341. The molecule has 1 rings (SSSR count). The van der Waals surface area contributed by atoms with Gasteiger partial charge in [-0.05, 0) is 12.2 Å². The molecular weight excluding hydrogens is 107 g/mol. The maximum absolute atomic E-state index is 12.1. The first-order valence-electron chi connectivity index (χ1n) is 2.20. The van der Waals surface area contributed by atoms with Gasteiger partial charge in [-0.1, -0.05) is 0 Å². The molecule has 0 aliphatic carbocycles. The Hall–Kier alpha value is -1.12. The van der Waals surface area contributed by atoms with E-state index in [4.69, 9.17) is 0 Å². The third-order valence-corrected chi connectivity index (χ3v) is 0.689. The summed E-state index contributed by atoms with van der Waals surface area (Å²) in [5.41, 5.74) is 2.47. The van der Waals surface area contributed by atoms with Crippen LogP contribution in [0.3, 0.4) is 0 Å². The molecule has 0 bridgehead atoms. The van der Waals surface area contributed by atoms with Crippen LogP contribution in [-0.2, 0) is 0 Å². The van der Waals surface area contributed by atoms with E-state index in [-0.39, 0.29) is 5.83 Å². The Morgan fingerprint density at radius 2 is 2.50 bits per heavy atom. The van der Waals surface area contributed by atoms with Crippen molar-refractivity contribution in [1.82, 2.24) is 5.43 Å². The van der Waals surface area contributed by atoms with Crippen LogP contribution in [0.2, 0.25) is 0 Å². The molecule has 1 aliphatic rings. The molecule has 0 unspecified atom stereocenters. The van der Waals surface area contributed by atoms with Crippen molar-refractivity contribution in [3.8, 4) is 0 Å². The zero-order valence-corrected chi connectivity index (χ0v) is 4.13. The summed E-state index contributed by atoms with van der Waals surface area (Å²) in [6, 6.07) is 0. The quantitative estimate of drug-likeness (QED) is 0.495. The number of rotatable bonds is 0. The van der Waals surface area contributed by atoms with E-state index in [1.165, 1.54) is 6.08 Å². The van der Waals surface area contributed by atoms with Crippen molar-refractivity contribution in [1.29, 1.82) is 0 Å². The summed E-state index contributed by atoms with van der Waals surface area (Å²) in [5, 5.41) is 3.45. The lowest BCUT2D eigenvalue weighted by atomic mass is 10.5. The highest BCUT2D eigenvalue weighted by Crippen LogP contribution is 1.93. The molecule has 1 aliphatic heterocycles. The zero-order chi connectivity index (χ0) is 5.82. The molecule has 0 aromatic heterocycles. The fraction of sp³-hybridized carbons (Fsp3) is 0. The van der Waals surface area contributed by atoms with E-state index in [0.29, 0.717) is 0 Å². The molecule has 3 heteroatoms. The molecule has 42 valence electrons. The molecule has 0 saturated carbocycles. The first-order valence-corrected chi connectivity index (χ1v) is 2.20. The van der Waals surface area contributed by atoms with Crippen LogP contribution in [0.1, 0.15) is 0 Å². The largest absolute Gasteiger partial charge is 0.286 e. The van der Waals surface area contributed by atoms with E-state index < -0.39 is 0 Å². The second-order valence-electron chi connectivity index (χ2n) is 1.30. The van der Waals surface area contributed by atoms with Crippen molar-refractivity contribution in [2.45, 2.75) is 0 Å². The van der Waals surface area contributed by atoms with Gasteiger partial charge in [0.2, 0.25) is 0 Å². The van der Waals surface area contributed by atoms with E-state index in [1.54, 1.807) is 12.3 Å². The molecule has 2 nitrogen and oxygen atoms in total. The van der Waals surface area contributed by atoms with Gasteiger partial charge in [-0.3, -0.25) is 5.43 Å². The van der Waals surface area contributed by atoms with Crippen molar-refractivity contribution in [2.24, 2.45) is 5.10 Å². The Balaban J connectivity index is 2.73. The van der Waals surface area contributed by atoms with Gasteiger partial charge < -0.3 is 0 Å². The third kappa shape index (κ3) is 1.18. The lowest BCUT2D eigenvalue weighted by molar-refractivity contribution is 0.686. The molecule has 0 saturated heterocycles. The van der Waals surface area contributed by atoms with Crippen molar-refractivity contribution >= 4 is 6.21 Å². The lowest BCUT2D eigenvalue weighted by Crippen LogP contribution is -1.90. The highest BCUT2D eigenvalue weighted by Gasteiger charge is 1.85. The first kappa shape index (κ1) is 5.03. The second-order valence-corrected chi connectivity index (χ2v) is 1.30. The van der Waals surface area contributed by atoms with Gasteiger partial charge in [-0.25, -0.2) is 4.39 Å². The molecule has 0 aromatic carbocycles. The van der Waals surface area contributed by atoms with Gasteiger partial charge in [0.25, 0.3) is 0 Å². The van der Waals surface area contributed by atoms with Crippen LogP contribution >= 0.6 is 0 Å². The number of nitrogens with one attached hydrogen (secondary N) is 1. The summed E-state index contributed by atoms with van der Waals surface area (Å²) >= 11 is 0. The average Bonchev–Trinajstić information content (AvgIpc) is 1.94. The van der Waals surface area contributed by atoms with Gasteiger partial charge in [0.1, 0.15) is 5.83 Å². The van der Waals surface area contributed by atoms with Crippen molar-refractivity contribution < 1.29 is 4.39 Å². The maximum Gasteiger partial charge on any atom is 0.143 e. The van der Waals surface area contributed by atoms with Gasteiger partial charge in [-0.15, -0.1) is 0 Å². The summed E-state index contributed by atoms with van der Waals surface area (Å²) in [6.45, 7) is 0. The first-order chi connectivity index (χ1) is 3.89. The van der Waals surface area contributed by atoms with E-state index >= 15 is 0 Å². The predicted molar refractivity (Wildman–Crippen MR) is 30.0 cm³/mol. The van der Waals surface area contributed by atoms with Crippen molar-refractivity contribution in [3.63, 3.8) is 0 Å². The van der Waals surface area contributed by atoms with Crippen LogP contribution < -0.4 is 5.43 Å². The smallest absolute Gasteiger partial charge is 0.143 e. The molecule has 8 heavy (non-hydrogen) atoms. The van der Waals surface area contributed by atoms with Crippen LogP contribution in [0.4, 0.5) is 4.39 Å². The molecule has 1 N–H and O–H groups in total. The number of halogens is 1. The number of hydrogen-bond acceptors (Lipinski definition) is 2. The topological polar surface area (TPSA) is 24.4 Å². The minimum atomic E-state index is -0.341. The lowest BCUT2D eigenvalue weighted by Gasteiger charge is -1.80. The van der Waals surface area contributed by atoms with Crippen LogP contribution in [0.5, 0.6) is 0 Å². The molecule has 0 spiro atoms. The Morgan fingerprint density at radius 3 is 3.38 bits per heavy atom. The average molecular weight is 112 g/mol. The van der Waals surface area contributed by atoms with Crippen molar-refractivity contribution in [3.05, 3.63) is 24.2 Å². The highest BCUT2D eigenvalue weighted by molar-refractivity contribution is 5.76. The minimum Gasteiger partial charge on any atom is -0.286 e. The molecular formula is C5H5FN2. The SMILES string of the molecule is FC1=CC=CNN=C1. The summed E-state index contributed by atoms with van der Waals surface area (Å²) in [6.07, 6.45) is 5.52. The summed E-state index contributed by atoms with van der Waals surface area (Å²) in [4.78, 5) is 0. The second kappa shape index (κ2) is 2.26. The van der Waals surface area contributed by atoms with Crippen molar-refractivity contribution in [2.75, 3.05) is 0 Å². The number of hydrogen-bond donors (Lipinski definition) is 1. The monoisotopic (exact) mass is 112 g/mol. The van der Waals surface area contributed by atoms with Crippen LogP contribution in [0.15, 0.2) is 29.3 Å². The molecule has 0 atom stereocenters. The van der Waals surface area contributed by atoms with Gasteiger partial charge in [0, 0.05) is 6.20 Å².